The Morgan fingerprint density at radius 3 is 2.16 bits per heavy atom. The summed E-state index contributed by atoms with van der Waals surface area (Å²) in [5, 5.41) is 7.00. The molecule has 9 aromatic rings. The molecule has 10 rings (SSSR count). The van der Waals surface area contributed by atoms with E-state index in [2.05, 4.69) is 134 Å². The molecule has 0 saturated carbocycles. The number of para-hydroxylation sites is 2. The molecule has 4 heteroatoms. The molecule has 0 N–H and O–H groups in total. The molecule has 0 aliphatic heterocycles. The number of fused-ring (bicyclic) bond motifs is 10. The third kappa shape index (κ3) is 3.31. The summed E-state index contributed by atoms with van der Waals surface area (Å²) in [6.45, 7) is 4.53. The smallest absolute Gasteiger partial charge is 0.164 e. The molecule has 0 radical (unpaired) electrons. The molecule has 0 amide bonds. The first-order chi connectivity index (χ1) is 22.1. The van der Waals surface area contributed by atoms with E-state index in [1.165, 1.54) is 27.1 Å². The lowest BCUT2D eigenvalue weighted by atomic mass is 9.85. The van der Waals surface area contributed by atoms with Crippen molar-refractivity contribution in [3.05, 3.63) is 139 Å². The highest BCUT2D eigenvalue weighted by Gasteiger charge is 2.39. The van der Waals surface area contributed by atoms with Gasteiger partial charge in [-0.2, -0.15) is 0 Å². The van der Waals surface area contributed by atoms with E-state index in [-0.39, 0.29) is 5.41 Å². The summed E-state index contributed by atoms with van der Waals surface area (Å²) in [4.78, 5) is 11.2. The zero-order chi connectivity index (χ0) is 29.9. The second-order valence-electron chi connectivity index (χ2n) is 12.6. The van der Waals surface area contributed by atoms with Gasteiger partial charge in [0.25, 0.3) is 0 Å². The topological polar surface area (TPSA) is 43.9 Å². The number of nitrogens with zero attached hydrogens (tertiary/aromatic N) is 3. The van der Waals surface area contributed by atoms with E-state index in [1.54, 1.807) is 0 Å². The maximum Gasteiger partial charge on any atom is 0.164 e. The van der Waals surface area contributed by atoms with E-state index >= 15 is 0 Å². The SMILES string of the molecule is CC1(C)c2ccccc2-c2nc(-c3ccc4oc5ccccc5c4c3)c(-n3c4ccccc4c4cc5ccccc5cc43)nc21. The quantitative estimate of drug-likeness (QED) is 0.205. The van der Waals surface area contributed by atoms with Crippen molar-refractivity contribution in [2.45, 2.75) is 19.3 Å². The Bertz CT molecular complexity index is 2690. The van der Waals surface area contributed by atoms with E-state index < -0.39 is 0 Å². The average molecular weight is 578 g/mol. The summed E-state index contributed by atoms with van der Waals surface area (Å²) < 4.78 is 8.54. The minimum atomic E-state index is -0.289. The summed E-state index contributed by atoms with van der Waals surface area (Å²) in [5.74, 6) is 0.836. The predicted octanol–water partition coefficient (Wildman–Crippen LogP) is 10.6. The van der Waals surface area contributed by atoms with Gasteiger partial charge in [0.2, 0.25) is 0 Å². The first-order valence-electron chi connectivity index (χ1n) is 15.4. The molecule has 4 nitrogen and oxygen atoms in total. The van der Waals surface area contributed by atoms with Crippen molar-refractivity contribution in [3.63, 3.8) is 0 Å². The van der Waals surface area contributed by atoms with Crippen LogP contribution in [0.1, 0.15) is 25.1 Å². The maximum absolute atomic E-state index is 6.21. The van der Waals surface area contributed by atoms with Gasteiger partial charge in [-0.25, -0.2) is 9.97 Å². The van der Waals surface area contributed by atoms with Crippen LogP contribution in [0.5, 0.6) is 0 Å². The van der Waals surface area contributed by atoms with Gasteiger partial charge in [-0.15, -0.1) is 0 Å². The van der Waals surface area contributed by atoms with Gasteiger partial charge in [0.15, 0.2) is 5.82 Å². The Kier molecular flexibility index (Phi) is 4.76. The molecule has 3 heterocycles. The monoisotopic (exact) mass is 577 g/mol. The lowest BCUT2D eigenvalue weighted by Gasteiger charge is -2.21. The Morgan fingerprint density at radius 2 is 1.27 bits per heavy atom. The number of hydrogen-bond acceptors (Lipinski definition) is 3. The fourth-order valence-electron chi connectivity index (χ4n) is 7.52. The molecule has 0 atom stereocenters. The summed E-state index contributed by atoms with van der Waals surface area (Å²) >= 11 is 0. The van der Waals surface area contributed by atoms with Crippen LogP contribution in [0.2, 0.25) is 0 Å². The normalized spacial score (nSPS) is 13.7. The number of rotatable bonds is 2. The van der Waals surface area contributed by atoms with Crippen molar-refractivity contribution in [1.82, 2.24) is 14.5 Å². The maximum atomic E-state index is 6.21. The highest BCUT2D eigenvalue weighted by Crippen LogP contribution is 2.49. The highest BCUT2D eigenvalue weighted by molar-refractivity contribution is 6.14. The van der Waals surface area contributed by atoms with Crippen molar-refractivity contribution < 1.29 is 4.42 Å². The molecule has 0 unspecified atom stereocenters. The fraction of sp³-hybridized carbons (Fsp3) is 0.0732. The van der Waals surface area contributed by atoms with E-state index in [0.717, 1.165) is 67.0 Å². The van der Waals surface area contributed by atoms with E-state index in [4.69, 9.17) is 14.4 Å². The van der Waals surface area contributed by atoms with Crippen LogP contribution in [-0.2, 0) is 5.41 Å². The zero-order valence-electron chi connectivity index (χ0n) is 24.9. The molecular weight excluding hydrogens is 550 g/mol. The van der Waals surface area contributed by atoms with Gasteiger partial charge < -0.3 is 4.42 Å². The van der Waals surface area contributed by atoms with Crippen LogP contribution < -0.4 is 0 Å². The van der Waals surface area contributed by atoms with E-state index in [0.29, 0.717) is 0 Å². The van der Waals surface area contributed by atoms with Gasteiger partial charge in [0.05, 0.1) is 22.4 Å². The second kappa shape index (κ2) is 8.67. The number of aromatic nitrogens is 3. The summed E-state index contributed by atoms with van der Waals surface area (Å²) in [6.07, 6.45) is 0. The van der Waals surface area contributed by atoms with Crippen LogP contribution in [0, 0.1) is 0 Å². The first-order valence-corrected chi connectivity index (χ1v) is 15.4. The van der Waals surface area contributed by atoms with Crippen molar-refractivity contribution in [2.24, 2.45) is 0 Å². The van der Waals surface area contributed by atoms with E-state index in [1.807, 2.05) is 12.1 Å². The lowest BCUT2D eigenvalue weighted by molar-refractivity contribution is 0.633. The van der Waals surface area contributed by atoms with Crippen molar-refractivity contribution >= 4 is 54.5 Å². The molecular formula is C41H27N3O. The third-order valence-corrected chi connectivity index (χ3v) is 9.73. The van der Waals surface area contributed by atoms with Crippen LogP contribution in [-0.4, -0.2) is 14.5 Å². The highest BCUT2D eigenvalue weighted by atomic mass is 16.3. The Morgan fingerprint density at radius 1 is 0.556 bits per heavy atom. The molecule has 45 heavy (non-hydrogen) atoms. The van der Waals surface area contributed by atoms with E-state index in [9.17, 15) is 0 Å². The fourth-order valence-corrected chi connectivity index (χ4v) is 7.52. The van der Waals surface area contributed by atoms with Crippen molar-refractivity contribution in [1.29, 1.82) is 0 Å². The van der Waals surface area contributed by atoms with Gasteiger partial charge in [-0.1, -0.05) is 98.8 Å². The van der Waals surface area contributed by atoms with Crippen LogP contribution in [0.4, 0.5) is 0 Å². The molecule has 0 saturated heterocycles. The minimum Gasteiger partial charge on any atom is -0.456 e. The first kappa shape index (κ1) is 24.7. The molecule has 3 aromatic heterocycles. The number of hydrogen-bond donors (Lipinski definition) is 0. The Balaban J connectivity index is 1.36. The van der Waals surface area contributed by atoms with Crippen LogP contribution >= 0.6 is 0 Å². The Hall–Kier alpha value is -5.74. The molecule has 6 aromatic carbocycles. The molecule has 0 spiro atoms. The number of furan rings is 1. The van der Waals surface area contributed by atoms with Crippen LogP contribution in [0.15, 0.2) is 132 Å². The largest absolute Gasteiger partial charge is 0.456 e. The standard InChI is InChI=1S/C41H27N3O/c1-41(2)32-16-8-5-15-29(32)38-39(41)43-40(37(42-38)26-19-20-36-31(22-26)28-14-7-10-18-35(28)45-36)44-33-17-9-6-13-27(33)30-21-24-11-3-4-12-25(24)23-34(30)44/h3-23H,1-2H3. The molecule has 0 bridgehead atoms. The van der Waals surface area contributed by atoms with Gasteiger partial charge in [0.1, 0.15) is 16.9 Å². The molecule has 212 valence electrons. The average Bonchev–Trinajstić information content (AvgIpc) is 3.68. The van der Waals surface area contributed by atoms with Crippen LogP contribution in [0.3, 0.4) is 0 Å². The Labute approximate surface area is 259 Å². The zero-order valence-corrected chi connectivity index (χ0v) is 24.9. The number of benzene rings is 6. The predicted molar refractivity (Wildman–Crippen MR) is 184 cm³/mol. The third-order valence-electron chi connectivity index (χ3n) is 9.73. The molecule has 1 aliphatic rings. The summed E-state index contributed by atoms with van der Waals surface area (Å²) in [6, 6.07) is 45.1. The molecule has 1 aliphatic carbocycles. The van der Waals surface area contributed by atoms with Crippen molar-refractivity contribution in [3.8, 4) is 28.3 Å². The summed E-state index contributed by atoms with van der Waals surface area (Å²) in [7, 11) is 0. The second-order valence-corrected chi connectivity index (χ2v) is 12.6. The summed E-state index contributed by atoms with van der Waals surface area (Å²) in [5.41, 5.74) is 9.92. The minimum absolute atomic E-state index is 0.289. The van der Waals surface area contributed by atoms with Crippen molar-refractivity contribution in [2.75, 3.05) is 0 Å². The van der Waals surface area contributed by atoms with Gasteiger partial charge >= 0.3 is 0 Å². The molecule has 0 fully saturated rings. The van der Waals surface area contributed by atoms with Gasteiger partial charge in [0, 0.05) is 38.1 Å². The lowest BCUT2D eigenvalue weighted by Crippen LogP contribution is -2.18. The van der Waals surface area contributed by atoms with Gasteiger partial charge in [-0.3, -0.25) is 4.57 Å². The van der Waals surface area contributed by atoms with Gasteiger partial charge in [-0.05, 0) is 58.8 Å². The van der Waals surface area contributed by atoms with Crippen LogP contribution in [0.25, 0.3) is 82.8 Å².